The van der Waals surface area contributed by atoms with Gasteiger partial charge in [0, 0.05) is 45.8 Å². The standard InChI is InChI=1S/C23H28FN3O3S/c24-21-8-10-22(11-9-21)31(29,30)27-12-4-7-20(18-27)23(28)26-15-13-25(14-16-26)17-19-5-2-1-3-6-19/h1-3,5-6,8-11,20H,4,7,12-18H2. The monoisotopic (exact) mass is 445 g/mol. The van der Waals surface area contributed by atoms with Crippen molar-refractivity contribution in [2.24, 2.45) is 5.92 Å². The average Bonchev–Trinajstić information content (AvgIpc) is 2.80. The van der Waals surface area contributed by atoms with Gasteiger partial charge in [-0.1, -0.05) is 30.3 Å². The first kappa shape index (κ1) is 21.9. The third-order valence-electron chi connectivity index (χ3n) is 6.12. The SMILES string of the molecule is O=C(C1CCCN(S(=O)(=O)c2ccc(F)cc2)C1)N1CCN(Cc2ccccc2)CC1. The van der Waals surface area contributed by atoms with Crippen LogP contribution in [0.3, 0.4) is 0 Å². The van der Waals surface area contributed by atoms with Crippen molar-refractivity contribution in [2.45, 2.75) is 24.3 Å². The van der Waals surface area contributed by atoms with Gasteiger partial charge in [-0.2, -0.15) is 4.31 Å². The van der Waals surface area contributed by atoms with E-state index in [1.54, 1.807) is 0 Å². The summed E-state index contributed by atoms with van der Waals surface area (Å²) < 4.78 is 40.4. The molecule has 1 atom stereocenters. The quantitative estimate of drug-likeness (QED) is 0.710. The molecule has 0 bridgehead atoms. The maximum Gasteiger partial charge on any atom is 0.243 e. The van der Waals surface area contributed by atoms with Gasteiger partial charge in [-0.25, -0.2) is 12.8 Å². The van der Waals surface area contributed by atoms with Crippen molar-refractivity contribution in [2.75, 3.05) is 39.3 Å². The molecule has 1 amide bonds. The van der Waals surface area contributed by atoms with Crippen molar-refractivity contribution in [1.82, 2.24) is 14.1 Å². The van der Waals surface area contributed by atoms with Crippen molar-refractivity contribution in [3.05, 3.63) is 66.0 Å². The third-order valence-corrected chi connectivity index (χ3v) is 8.00. The molecule has 6 nitrogen and oxygen atoms in total. The fourth-order valence-corrected chi connectivity index (χ4v) is 5.87. The Kier molecular flexibility index (Phi) is 6.69. The van der Waals surface area contributed by atoms with Crippen LogP contribution in [-0.2, 0) is 21.4 Å². The summed E-state index contributed by atoms with van der Waals surface area (Å²) in [5, 5.41) is 0. The Labute approximate surface area is 183 Å². The van der Waals surface area contributed by atoms with Gasteiger partial charge in [0.15, 0.2) is 0 Å². The van der Waals surface area contributed by atoms with Crippen LogP contribution < -0.4 is 0 Å². The molecule has 0 spiro atoms. The Morgan fingerprint density at radius 3 is 2.29 bits per heavy atom. The zero-order valence-corrected chi connectivity index (χ0v) is 18.3. The molecule has 2 aliphatic rings. The van der Waals surface area contributed by atoms with Crippen LogP contribution in [0.4, 0.5) is 4.39 Å². The second-order valence-electron chi connectivity index (χ2n) is 8.24. The van der Waals surface area contributed by atoms with Crippen molar-refractivity contribution in [3.8, 4) is 0 Å². The molecule has 2 saturated heterocycles. The lowest BCUT2D eigenvalue weighted by Crippen LogP contribution is -2.52. The zero-order valence-electron chi connectivity index (χ0n) is 17.5. The van der Waals surface area contributed by atoms with Crippen LogP contribution in [0.1, 0.15) is 18.4 Å². The van der Waals surface area contributed by atoms with Crippen LogP contribution in [0.5, 0.6) is 0 Å². The summed E-state index contributed by atoms with van der Waals surface area (Å²) in [6, 6.07) is 15.1. The number of benzene rings is 2. The maximum absolute atomic E-state index is 13.2. The summed E-state index contributed by atoms with van der Waals surface area (Å²) >= 11 is 0. The van der Waals surface area contributed by atoms with Crippen molar-refractivity contribution in [3.63, 3.8) is 0 Å². The van der Waals surface area contributed by atoms with E-state index in [1.165, 1.54) is 22.0 Å². The minimum Gasteiger partial charge on any atom is -0.340 e. The molecular weight excluding hydrogens is 417 g/mol. The van der Waals surface area contributed by atoms with Gasteiger partial charge in [-0.15, -0.1) is 0 Å². The Morgan fingerprint density at radius 1 is 0.935 bits per heavy atom. The predicted molar refractivity (Wildman–Crippen MR) is 116 cm³/mol. The van der Waals surface area contributed by atoms with Gasteiger partial charge in [0.2, 0.25) is 15.9 Å². The number of rotatable bonds is 5. The van der Waals surface area contributed by atoms with Crippen LogP contribution in [0.15, 0.2) is 59.5 Å². The molecule has 0 aromatic heterocycles. The highest BCUT2D eigenvalue weighted by atomic mass is 32.2. The number of carbonyl (C=O) groups is 1. The third kappa shape index (κ3) is 5.14. The van der Waals surface area contributed by atoms with Gasteiger partial charge < -0.3 is 4.90 Å². The van der Waals surface area contributed by atoms with Gasteiger partial charge in [-0.05, 0) is 42.7 Å². The van der Waals surface area contributed by atoms with E-state index in [9.17, 15) is 17.6 Å². The fraction of sp³-hybridized carbons (Fsp3) is 0.435. The molecule has 1 unspecified atom stereocenters. The molecule has 8 heteroatoms. The number of carbonyl (C=O) groups excluding carboxylic acids is 1. The number of sulfonamides is 1. The number of halogens is 1. The summed E-state index contributed by atoms with van der Waals surface area (Å²) in [5.74, 6) is -0.764. The van der Waals surface area contributed by atoms with Gasteiger partial charge >= 0.3 is 0 Å². The van der Waals surface area contributed by atoms with Gasteiger partial charge in [0.1, 0.15) is 5.82 Å². The molecule has 2 aromatic rings. The van der Waals surface area contributed by atoms with Crippen molar-refractivity contribution in [1.29, 1.82) is 0 Å². The fourth-order valence-electron chi connectivity index (χ4n) is 4.34. The number of hydrogen-bond donors (Lipinski definition) is 0. The second-order valence-corrected chi connectivity index (χ2v) is 10.2. The van der Waals surface area contributed by atoms with Crippen molar-refractivity contribution < 1.29 is 17.6 Å². The Bertz CT molecular complexity index is 990. The second kappa shape index (κ2) is 9.46. The topological polar surface area (TPSA) is 60.9 Å². The molecule has 166 valence electrons. The molecule has 0 aliphatic carbocycles. The summed E-state index contributed by atoms with van der Waals surface area (Å²) in [4.78, 5) is 17.4. The van der Waals surface area contributed by atoms with E-state index < -0.39 is 15.8 Å². The number of amides is 1. The average molecular weight is 446 g/mol. The Hall–Kier alpha value is -2.29. The molecule has 0 radical (unpaired) electrons. The first-order valence-corrected chi connectivity index (χ1v) is 12.2. The normalized spacial score (nSPS) is 21.2. The van der Waals surface area contributed by atoms with Gasteiger partial charge in [0.05, 0.1) is 10.8 Å². The Balaban J connectivity index is 1.34. The predicted octanol–water partition coefficient (Wildman–Crippen LogP) is 2.57. The smallest absolute Gasteiger partial charge is 0.243 e. The minimum atomic E-state index is -3.73. The molecule has 0 N–H and O–H groups in total. The van der Waals surface area contributed by atoms with Crippen LogP contribution in [0.25, 0.3) is 0 Å². The van der Waals surface area contributed by atoms with E-state index in [0.717, 1.165) is 31.8 Å². The van der Waals surface area contributed by atoms with E-state index in [0.29, 0.717) is 32.5 Å². The minimum absolute atomic E-state index is 0.0402. The zero-order chi connectivity index (χ0) is 21.8. The van der Waals surface area contributed by atoms with E-state index in [-0.39, 0.29) is 23.3 Å². The maximum atomic E-state index is 13.2. The lowest BCUT2D eigenvalue weighted by Gasteiger charge is -2.38. The summed E-state index contributed by atoms with van der Waals surface area (Å²) in [6.07, 6.45) is 1.34. The lowest BCUT2D eigenvalue weighted by molar-refractivity contribution is -0.138. The van der Waals surface area contributed by atoms with Crippen molar-refractivity contribution >= 4 is 15.9 Å². The number of nitrogens with zero attached hydrogens (tertiary/aromatic N) is 3. The highest BCUT2D eigenvalue weighted by Gasteiger charge is 2.35. The van der Waals surface area contributed by atoms with E-state index in [2.05, 4.69) is 17.0 Å². The molecule has 4 rings (SSSR count). The van der Waals surface area contributed by atoms with Gasteiger partial charge in [-0.3, -0.25) is 9.69 Å². The van der Waals surface area contributed by atoms with Crippen LogP contribution >= 0.6 is 0 Å². The van der Waals surface area contributed by atoms with Crippen LogP contribution in [-0.4, -0.2) is 67.7 Å². The molecule has 2 aromatic carbocycles. The molecule has 2 aliphatic heterocycles. The van der Waals surface area contributed by atoms with Crippen LogP contribution in [0.2, 0.25) is 0 Å². The first-order valence-electron chi connectivity index (χ1n) is 10.7. The molecule has 31 heavy (non-hydrogen) atoms. The summed E-state index contributed by atoms with van der Waals surface area (Å²) in [5.41, 5.74) is 1.26. The van der Waals surface area contributed by atoms with Crippen LogP contribution in [0, 0.1) is 11.7 Å². The highest BCUT2D eigenvalue weighted by Crippen LogP contribution is 2.25. The molecule has 2 heterocycles. The molecule has 0 saturated carbocycles. The van der Waals surface area contributed by atoms with E-state index in [4.69, 9.17) is 0 Å². The molecular formula is C23H28FN3O3S. The number of piperidine rings is 1. The first-order chi connectivity index (χ1) is 14.9. The lowest BCUT2D eigenvalue weighted by atomic mass is 9.97. The summed E-state index contributed by atoms with van der Waals surface area (Å²) in [6.45, 7) is 4.38. The number of piperazine rings is 1. The van der Waals surface area contributed by atoms with Gasteiger partial charge in [0.25, 0.3) is 0 Å². The Morgan fingerprint density at radius 2 is 1.61 bits per heavy atom. The van der Waals surface area contributed by atoms with E-state index >= 15 is 0 Å². The van der Waals surface area contributed by atoms with E-state index in [1.807, 2.05) is 23.1 Å². The summed E-state index contributed by atoms with van der Waals surface area (Å²) in [7, 11) is -3.73. The highest BCUT2D eigenvalue weighted by molar-refractivity contribution is 7.89. The number of hydrogen-bond acceptors (Lipinski definition) is 4. The largest absolute Gasteiger partial charge is 0.340 e. The molecule has 2 fully saturated rings.